The molecule has 0 amide bonds. The molecule has 0 N–H and O–H groups in total. The summed E-state index contributed by atoms with van der Waals surface area (Å²) in [4.78, 5) is 28.7. The Balaban J connectivity index is 1.40. The highest BCUT2D eigenvalue weighted by atomic mass is 16.1. The predicted octanol–water partition coefficient (Wildman–Crippen LogP) is 0.447. The zero-order chi connectivity index (χ0) is 16.7. The lowest BCUT2D eigenvalue weighted by Crippen LogP contribution is -2.30. The fourth-order valence-corrected chi connectivity index (χ4v) is 4.02. The molecule has 24 heavy (non-hydrogen) atoms. The maximum atomic E-state index is 11.4. The van der Waals surface area contributed by atoms with Crippen molar-refractivity contribution >= 4 is 5.82 Å². The Labute approximate surface area is 141 Å². The zero-order valence-corrected chi connectivity index (χ0v) is 14.1. The van der Waals surface area contributed by atoms with Gasteiger partial charge < -0.3 is 9.47 Å². The van der Waals surface area contributed by atoms with E-state index in [1.807, 2.05) is 12.4 Å². The van der Waals surface area contributed by atoms with Gasteiger partial charge in [-0.25, -0.2) is 19.7 Å². The summed E-state index contributed by atoms with van der Waals surface area (Å²) in [6.07, 6.45) is 7.11. The highest BCUT2D eigenvalue weighted by Gasteiger charge is 2.40. The molecule has 2 aromatic rings. The minimum absolute atomic E-state index is 0.201. The van der Waals surface area contributed by atoms with Crippen molar-refractivity contribution in [3.63, 3.8) is 0 Å². The number of anilines is 1. The van der Waals surface area contributed by atoms with Crippen molar-refractivity contribution in [3.05, 3.63) is 46.5 Å². The molecule has 2 saturated heterocycles. The van der Waals surface area contributed by atoms with Crippen molar-refractivity contribution in [2.75, 3.05) is 31.1 Å². The van der Waals surface area contributed by atoms with Crippen LogP contribution in [0.15, 0.2) is 29.7 Å². The largest absolute Gasteiger partial charge is 0.356 e. The summed E-state index contributed by atoms with van der Waals surface area (Å²) < 4.78 is 1.55. The van der Waals surface area contributed by atoms with Gasteiger partial charge in [-0.2, -0.15) is 0 Å². The van der Waals surface area contributed by atoms with E-state index in [0.717, 1.165) is 49.7 Å². The minimum atomic E-state index is -0.201. The van der Waals surface area contributed by atoms with Crippen LogP contribution in [0.3, 0.4) is 0 Å². The second kappa shape index (κ2) is 5.98. The quantitative estimate of drug-likeness (QED) is 0.816. The third kappa shape index (κ3) is 2.80. The smallest absolute Gasteiger partial charge is 0.347 e. The maximum Gasteiger partial charge on any atom is 0.347 e. The summed E-state index contributed by atoms with van der Waals surface area (Å²) in [5, 5.41) is 0. The second-order valence-electron chi connectivity index (χ2n) is 7.00. The summed E-state index contributed by atoms with van der Waals surface area (Å²) in [5.41, 5.74) is 2.04. The molecule has 0 saturated carbocycles. The van der Waals surface area contributed by atoms with E-state index in [0.29, 0.717) is 11.8 Å². The van der Waals surface area contributed by atoms with Crippen LogP contribution in [-0.4, -0.2) is 50.6 Å². The fraction of sp³-hybridized carbons (Fsp3) is 0.529. The molecule has 2 aliphatic rings. The fourth-order valence-electron chi connectivity index (χ4n) is 4.02. The van der Waals surface area contributed by atoms with Crippen LogP contribution >= 0.6 is 0 Å². The van der Waals surface area contributed by atoms with Gasteiger partial charge in [-0.1, -0.05) is 0 Å². The van der Waals surface area contributed by atoms with Crippen molar-refractivity contribution in [2.24, 2.45) is 18.9 Å². The van der Waals surface area contributed by atoms with Crippen molar-refractivity contribution < 1.29 is 0 Å². The summed E-state index contributed by atoms with van der Waals surface area (Å²) in [6.45, 7) is 7.24. The third-order valence-electron chi connectivity index (χ3n) is 5.14. The highest BCUT2D eigenvalue weighted by molar-refractivity contribution is 5.46. The molecule has 7 nitrogen and oxygen atoms in total. The lowest BCUT2D eigenvalue weighted by Gasteiger charge is -2.23. The van der Waals surface area contributed by atoms with E-state index in [1.165, 1.54) is 0 Å². The van der Waals surface area contributed by atoms with Crippen molar-refractivity contribution in [3.8, 4) is 0 Å². The molecule has 0 radical (unpaired) electrons. The van der Waals surface area contributed by atoms with Crippen LogP contribution in [0.2, 0.25) is 0 Å². The maximum absolute atomic E-state index is 11.4. The Bertz CT molecular complexity index is 790. The number of hydrogen-bond donors (Lipinski definition) is 0. The van der Waals surface area contributed by atoms with Crippen LogP contribution in [0.25, 0.3) is 0 Å². The predicted molar refractivity (Wildman–Crippen MR) is 90.7 cm³/mol. The van der Waals surface area contributed by atoms with E-state index in [2.05, 4.69) is 31.7 Å². The number of hydrogen-bond acceptors (Lipinski definition) is 6. The van der Waals surface area contributed by atoms with Gasteiger partial charge in [-0.15, -0.1) is 0 Å². The van der Waals surface area contributed by atoms with Gasteiger partial charge in [0.25, 0.3) is 0 Å². The molecular formula is C17H22N6O. The van der Waals surface area contributed by atoms with Gasteiger partial charge in [0.1, 0.15) is 12.1 Å². The molecule has 4 heterocycles. The van der Waals surface area contributed by atoms with E-state index >= 15 is 0 Å². The lowest BCUT2D eigenvalue weighted by atomic mass is 10.0. The normalized spacial score (nSPS) is 23.7. The summed E-state index contributed by atoms with van der Waals surface area (Å²) in [6, 6.07) is 0. The summed E-state index contributed by atoms with van der Waals surface area (Å²) >= 11 is 0. The monoisotopic (exact) mass is 326 g/mol. The van der Waals surface area contributed by atoms with E-state index < -0.39 is 0 Å². The average Bonchev–Trinajstić information content (AvgIpc) is 3.09. The molecule has 2 unspecified atom stereocenters. The number of nitrogens with zero attached hydrogens (tertiary/aromatic N) is 6. The van der Waals surface area contributed by atoms with Crippen LogP contribution in [0.1, 0.15) is 11.1 Å². The molecule has 0 aromatic carbocycles. The highest BCUT2D eigenvalue weighted by Crippen LogP contribution is 2.34. The molecule has 0 spiro atoms. The SMILES string of the molecule is Cc1cncnc1N1CC2CN(Cc3cnc(=O)n(C)c3)CC2C1. The summed E-state index contributed by atoms with van der Waals surface area (Å²) in [7, 11) is 1.75. The first-order valence-corrected chi connectivity index (χ1v) is 8.35. The van der Waals surface area contributed by atoms with Crippen LogP contribution in [0.4, 0.5) is 5.82 Å². The molecular weight excluding hydrogens is 304 g/mol. The first-order chi connectivity index (χ1) is 11.6. The number of fused-ring (bicyclic) bond motifs is 1. The molecule has 4 rings (SSSR count). The third-order valence-corrected chi connectivity index (χ3v) is 5.14. The van der Waals surface area contributed by atoms with Crippen molar-refractivity contribution in [1.82, 2.24) is 24.4 Å². The summed E-state index contributed by atoms with van der Waals surface area (Å²) in [5.74, 6) is 2.44. The zero-order valence-electron chi connectivity index (χ0n) is 14.1. The van der Waals surface area contributed by atoms with Gasteiger partial charge in [0.2, 0.25) is 0 Å². The Morgan fingerprint density at radius 1 is 1.12 bits per heavy atom. The average molecular weight is 326 g/mol. The van der Waals surface area contributed by atoms with E-state index in [1.54, 1.807) is 24.1 Å². The first kappa shape index (κ1) is 15.3. The Kier molecular flexibility index (Phi) is 3.80. The second-order valence-corrected chi connectivity index (χ2v) is 7.00. The van der Waals surface area contributed by atoms with E-state index in [9.17, 15) is 4.79 Å². The van der Waals surface area contributed by atoms with Gasteiger partial charge in [-0.3, -0.25) is 4.90 Å². The Morgan fingerprint density at radius 2 is 1.88 bits per heavy atom. The lowest BCUT2D eigenvalue weighted by molar-refractivity contribution is 0.307. The molecule has 126 valence electrons. The first-order valence-electron chi connectivity index (χ1n) is 8.35. The van der Waals surface area contributed by atoms with Gasteiger partial charge in [0.05, 0.1) is 0 Å². The van der Waals surface area contributed by atoms with Gasteiger partial charge >= 0.3 is 5.69 Å². The molecule has 2 aliphatic heterocycles. The van der Waals surface area contributed by atoms with Crippen molar-refractivity contribution in [1.29, 1.82) is 0 Å². The van der Waals surface area contributed by atoms with E-state index in [-0.39, 0.29) is 5.69 Å². The molecule has 2 aromatic heterocycles. The van der Waals surface area contributed by atoms with Gasteiger partial charge in [0, 0.05) is 69.5 Å². The van der Waals surface area contributed by atoms with Crippen LogP contribution < -0.4 is 10.6 Å². The number of likely N-dealkylation sites (tertiary alicyclic amines) is 1. The molecule has 2 atom stereocenters. The van der Waals surface area contributed by atoms with Crippen LogP contribution in [-0.2, 0) is 13.6 Å². The molecule has 0 bridgehead atoms. The van der Waals surface area contributed by atoms with Crippen molar-refractivity contribution in [2.45, 2.75) is 13.5 Å². The number of rotatable bonds is 3. The molecule has 2 fully saturated rings. The Morgan fingerprint density at radius 3 is 2.54 bits per heavy atom. The standard InChI is InChI=1S/C17H22N6O/c1-12-3-18-11-20-16(12)23-9-14-7-22(8-15(14)10-23)6-13-4-19-17(24)21(2)5-13/h3-5,11,14-15H,6-10H2,1-2H3. The van der Waals surface area contributed by atoms with Gasteiger partial charge in [0.15, 0.2) is 0 Å². The molecule has 0 aliphatic carbocycles. The Hall–Kier alpha value is -2.28. The van der Waals surface area contributed by atoms with Crippen LogP contribution in [0, 0.1) is 18.8 Å². The number of aromatic nitrogens is 4. The van der Waals surface area contributed by atoms with Crippen LogP contribution in [0.5, 0.6) is 0 Å². The van der Waals surface area contributed by atoms with Gasteiger partial charge in [-0.05, 0) is 18.8 Å². The molecule has 7 heteroatoms. The topological polar surface area (TPSA) is 67.2 Å². The minimum Gasteiger partial charge on any atom is -0.356 e. The number of aryl methyl sites for hydroxylation is 2. The van der Waals surface area contributed by atoms with E-state index in [4.69, 9.17) is 0 Å².